The zero-order chi connectivity index (χ0) is 13.2. The van der Waals surface area contributed by atoms with Gasteiger partial charge in [0, 0.05) is 13.2 Å². The second-order valence-electron chi connectivity index (χ2n) is 3.59. The maximum Gasteiger partial charge on any atom is 0.419 e. The van der Waals surface area contributed by atoms with E-state index in [0.717, 1.165) is 6.07 Å². The molecular weight excluding hydrogens is 247 g/mol. The highest BCUT2D eigenvalue weighted by molar-refractivity contribution is 5.45. The quantitative estimate of drug-likeness (QED) is 0.911. The minimum Gasteiger partial charge on any atom is -0.362 e. The molecule has 18 heavy (non-hydrogen) atoms. The molecule has 0 bridgehead atoms. The summed E-state index contributed by atoms with van der Waals surface area (Å²) in [4.78, 5) is 7.58. The van der Waals surface area contributed by atoms with Gasteiger partial charge in [-0.05, 0) is 12.1 Å². The van der Waals surface area contributed by atoms with Crippen LogP contribution in [0.25, 0.3) is 0 Å². The number of aryl methyl sites for hydroxylation is 1. The van der Waals surface area contributed by atoms with Gasteiger partial charge < -0.3 is 5.32 Å². The Morgan fingerprint density at radius 2 is 2.11 bits per heavy atom. The maximum absolute atomic E-state index is 12.7. The SMILES string of the molecule is Cn1cnc(CNc2ncccc2C(F)(F)F)n1. The largest absolute Gasteiger partial charge is 0.419 e. The fourth-order valence-electron chi connectivity index (χ4n) is 1.40. The molecule has 0 unspecified atom stereocenters. The molecule has 0 saturated carbocycles. The average molecular weight is 257 g/mol. The summed E-state index contributed by atoms with van der Waals surface area (Å²) in [6.07, 6.45) is -1.67. The summed E-state index contributed by atoms with van der Waals surface area (Å²) in [5.41, 5.74) is -0.805. The molecule has 0 spiro atoms. The van der Waals surface area contributed by atoms with E-state index in [-0.39, 0.29) is 12.4 Å². The van der Waals surface area contributed by atoms with E-state index >= 15 is 0 Å². The van der Waals surface area contributed by atoms with Crippen molar-refractivity contribution in [3.63, 3.8) is 0 Å². The highest BCUT2D eigenvalue weighted by Gasteiger charge is 2.34. The fraction of sp³-hybridized carbons (Fsp3) is 0.300. The molecule has 8 heteroatoms. The molecule has 0 saturated heterocycles. The summed E-state index contributed by atoms with van der Waals surface area (Å²) in [6, 6.07) is 2.22. The van der Waals surface area contributed by atoms with Crippen LogP contribution in [0.1, 0.15) is 11.4 Å². The number of pyridine rings is 1. The summed E-state index contributed by atoms with van der Waals surface area (Å²) in [5, 5.41) is 6.53. The Balaban J connectivity index is 2.14. The van der Waals surface area contributed by atoms with Crippen molar-refractivity contribution in [1.82, 2.24) is 19.7 Å². The molecule has 1 N–H and O–H groups in total. The third-order valence-corrected chi connectivity index (χ3v) is 2.17. The zero-order valence-corrected chi connectivity index (χ0v) is 9.44. The number of hydrogen-bond acceptors (Lipinski definition) is 4. The van der Waals surface area contributed by atoms with Gasteiger partial charge >= 0.3 is 6.18 Å². The first-order chi connectivity index (χ1) is 8.47. The number of anilines is 1. The number of nitrogens with one attached hydrogen (secondary N) is 1. The predicted molar refractivity (Wildman–Crippen MR) is 57.6 cm³/mol. The topological polar surface area (TPSA) is 55.6 Å². The maximum atomic E-state index is 12.7. The van der Waals surface area contributed by atoms with Crippen molar-refractivity contribution in [2.45, 2.75) is 12.7 Å². The van der Waals surface area contributed by atoms with Crippen LogP contribution in [0.15, 0.2) is 24.7 Å². The van der Waals surface area contributed by atoms with Crippen molar-refractivity contribution in [2.75, 3.05) is 5.32 Å². The van der Waals surface area contributed by atoms with Gasteiger partial charge in [0.05, 0.1) is 12.1 Å². The van der Waals surface area contributed by atoms with Crippen molar-refractivity contribution in [2.24, 2.45) is 7.05 Å². The van der Waals surface area contributed by atoms with E-state index in [1.165, 1.54) is 23.3 Å². The highest BCUT2D eigenvalue weighted by Crippen LogP contribution is 2.33. The predicted octanol–water partition coefficient (Wildman–Crippen LogP) is 1.84. The fourth-order valence-corrected chi connectivity index (χ4v) is 1.40. The molecule has 5 nitrogen and oxygen atoms in total. The van der Waals surface area contributed by atoms with Gasteiger partial charge in [0.15, 0.2) is 5.82 Å². The first kappa shape index (κ1) is 12.3. The van der Waals surface area contributed by atoms with Gasteiger partial charge in [-0.25, -0.2) is 9.97 Å². The molecule has 0 aliphatic heterocycles. The smallest absolute Gasteiger partial charge is 0.362 e. The number of alkyl halides is 3. The molecule has 0 aliphatic rings. The summed E-state index contributed by atoms with van der Waals surface area (Å²) in [5.74, 6) is 0.175. The number of aromatic nitrogens is 4. The van der Waals surface area contributed by atoms with Gasteiger partial charge in [0.1, 0.15) is 12.1 Å². The third kappa shape index (κ3) is 2.76. The van der Waals surface area contributed by atoms with Crippen LogP contribution in [0.3, 0.4) is 0 Å². The Morgan fingerprint density at radius 1 is 1.33 bits per heavy atom. The number of nitrogens with zero attached hydrogens (tertiary/aromatic N) is 4. The summed E-state index contributed by atoms with van der Waals surface area (Å²) < 4.78 is 39.5. The van der Waals surface area contributed by atoms with Crippen LogP contribution in [-0.2, 0) is 19.8 Å². The molecule has 2 aromatic heterocycles. The lowest BCUT2D eigenvalue weighted by atomic mass is 10.2. The molecule has 96 valence electrons. The third-order valence-electron chi connectivity index (χ3n) is 2.17. The lowest BCUT2D eigenvalue weighted by Crippen LogP contribution is -2.12. The minimum absolute atomic E-state index is 0.0843. The zero-order valence-electron chi connectivity index (χ0n) is 9.44. The van der Waals surface area contributed by atoms with Crippen LogP contribution < -0.4 is 5.32 Å². The molecule has 0 amide bonds. The van der Waals surface area contributed by atoms with Crippen LogP contribution in [0.2, 0.25) is 0 Å². The normalized spacial score (nSPS) is 11.6. The molecule has 2 heterocycles. The second kappa shape index (κ2) is 4.63. The monoisotopic (exact) mass is 257 g/mol. The Morgan fingerprint density at radius 3 is 2.72 bits per heavy atom. The van der Waals surface area contributed by atoms with Gasteiger partial charge in [0.2, 0.25) is 0 Å². The molecule has 0 radical (unpaired) electrons. The van der Waals surface area contributed by atoms with E-state index in [2.05, 4.69) is 20.4 Å². The van der Waals surface area contributed by atoms with Crippen molar-refractivity contribution in [1.29, 1.82) is 0 Å². The molecule has 2 aromatic rings. The Labute approximate surface area is 101 Å². The molecule has 0 atom stereocenters. The van der Waals surface area contributed by atoms with Crippen LogP contribution in [0, 0.1) is 0 Å². The van der Waals surface area contributed by atoms with Gasteiger partial charge in [-0.15, -0.1) is 0 Å². The van der Waals surface area contributed by atoms with Crippen molar-refractivity contribution in [3.05, 3.63) is 36.0 Å². The highest BCUT2D eigenvalue weighted by atomic mass is 19.4. The minimum atomic E-state index is -4.44. The van der Waals surface area contributed by atoms with E-state index in [0.29, 0.717) is 5.82 Å². The number of rotatable bonds is 3. The lowest BCUT2D eigenvalue weighted by molar-refractivity contribution is -0.137. The van der Waals surface area contributed by atoms with E-state index < -0.39 is 11.7 Å². The Hall–Kier alpha value is -2.12. The van der Waals surface area contributed by atoms with E-state index in [9.17, 15) is 13.2 Å². The molecule has 2 rings (SSSR count). The molecule has 0 aromatic carbocycles. The lowest BCUT2D eigenvalue weighted by Gasteiger charge is -2.11. The van der Waals surface area contributed by atoms with Crippen LogP contribution in [0.4, 0.5) is 19.0 Å². The first-order valence-corrected chi connectivity index (χ1v) is 5.07. The van der Waals surface area contributed by atoms with E-state index in [4.69, 9.17) is 0 Å². The van der Waals surface area contributed by atoms with Crippen LogP contribution >= 0.6 is 0 Å². The Kier molecular flexibility index (Phi) is 3.17. The van der Waals surface area contributed by atoms with Gasteiger partial charge in [-0.3, -0.25) is 4.68 Å². The number of halogens is 3. The average Bonchev–Trinajstić information content (AvgIpc) is 2.72. The van der Waals surface area contributed by atoms with Gasteiger partial charge in [-0.2, -0.15) is 18.3 Å². The van der Waals surface area contributed by atoms with Gasteiger partial charge in [-0.1, -0.05) is 0 Å². The second-order valence-corrected chi connectivity index (χ2v) is 3.59. The molecule has 0 aliphatic carbocycles. The van der Waals surface area contributed by atoms with Crippen molar-refractivity contribution >= 4 is 5.82 Å². The van der Waals surface area contributed by atoms with Gasteiger partial charge in [0.25, 0.3) is 0 Å². The van der Waals surface area contributed by atoms with E-state index in [1.807, 2.05) is 0 Å². The van der Waals surface area contributed by atoms with Crippen molar-refractivity contribution in [3.8, 4) is 0 Å². The number of hydrogen-bond donors (Lipinski definition) is 1. The summed E-state index contributed by atoms with van der Waals surface area (Å²) in [7, 11) is 1.68. The standard InChI is InChI=1S/C10H10F3N5/c1-18-6-16-8(17-18)5-15-9-7(10(11,12)13)3-2-4-14-9/h2-4,6H,5H2,1H3,(H,14,15). The molecule has 0 fully saturated rings. The van der Waals surface area contributed by atoms with Crippen LogP contribution in [0.5, 0.6) is 0 Å². The van der Waals surface area contributed by atoms with Crippen LogP contribution in [-0.4, -0.2) is 19.7 Å². The van der Waals surface area contributed by atoms with E-state index in [1.54, 1.807) is 7.05 Å². The van der Waals surface area contributed by atoms with Crippen molar-refractivity contribution < 1.29 is 13.2 Å². The Bertz CT molecular complexity index is 534. The summed E-state index contributed by atoms with van der Waals surface area (Å²) >= 11 is 0. The summed E-state index contributed by atoms with van der Waals surface area (Å²) in [6.45, 7) is 0.0843. The first-order valence-electron chi connectivity index (χ1n) is 5.07. The molecular formula is C10H10F3N5.